The number of nitrogens with one attached hydrogen (secondary N) is 1. The fourth-order valence-corrected chi connectivity index (χ4v) is 5.62. The van der Waals surface area contributed by atoms with Crippen molar-refractivity contribution in [1.29, 1.82) is 0 Å². The van der Waals surface area contributed by atoms with Gasteiger partial charge in [-0.05, 0) is 57.2 Å². The van der Waals surface area contributed by atoms with Gasteiger partial charge in [0.25, 0.3) is 0 Å². The number of quaternary nitrogens is 1. The first kappa shape index (κ1) is 28.1. The van der Waals surface area contributed by atoms with Crippen LogP contribution in [0.4, 0.5) is 17.6 Å². The van der Waals surface area contributed by atoms with Crippen LogP contribution in [-0.2, 0) is 11.8 Å². The first-order valence-electron chi connectivity index (χ1n) is 14.6. The smallest absolute Gasteiger partial charge is 0.338 e. The molecule has 1 saturated carbocycles. The quantitative estimate of drug-likeness (QED) is 0.255. The molecule has 0 spiro atoms. The van der Waals surface area contributed by atoms with Crippen molar-refractivity contribution in [2.75, 3.05) is 36.5 Å². The summed E-state index contributed by atoms with van der Waals surface area (Å²) in [7, 11) is 1.84. The van der Waals surface area contributed by atoms with Crippen LogP contribution in [0.5, 0.6) is 11.6 Å². The molecule has 1 atom stereocenters. The van der Waals surface area contributed by atoms with E-state index in [9.17, 15) is 5.21 Å². The Morgan fingerprint density at radius 2 is 1.86 bits per heavy atom. The Labute approximate surface area is 245 Å². The second kappa shape index (κ2) is 12.5. The average molecular weight is 576 g/mol. The number of aromatic nitrogens is 5. The molecular formula is C30H39N8O4+. The number of pyridine rings is 3. The van der Waals surface area contributed by atoms with E-state index in [-0.39, 0.29) is 12.2 Å². The van der Waals surface area contributed by atoms with E-state index >= 15 is 0 Å². The van der Waals surface area contributed by atoms with Gasteiger partial charge in [0.1, 0.15) is 29.6 Å². The second-order valence-corrected chi connectivity index (χ2v) is 11.1. The highest BCUT2D eigenvalue weighted by molar-refractivity contribution is 5.87. The maximum atomic E-state index is 9.40. The lowest BCUT2D eigenvalue weighted by atomic mass is 9.93. The number of imidazole rings is 1. The highest BCUT2D eigenvalue weighted by Crippen LogP contribution is 2.34. The van der Waals surface area contributed by atoms with E-state index in [0.717, 1.165) is 78.0 Å². The topological polar surface area (TPSA) is 136 Å². The van der Waals surface area contributed by atoms with Crippen LogP contribution in [0.1, 0.15) is 50.0 Å². The zero-order valence-electron chi connectivity index (χ0n) is 24.4. The molecule has 2 aliphatic rings. The van der Waals surface area contributed by atoms with Crippen LogP contribution in [0.2, 0.25) is 0 Å². The van der Waals surface area contributed by atoms with Crippen LogP contribution in [-0.4, -0.2) is 68.2 Å². The Morgan fingerprint density at radius 1 is 1.05 bits per heavy atom. The minimum Gasteiger partial charge on any atom is -0.483 e. The standard InChI is InChI=1S/C30H38N8O4/c1-19-4-9-27(32-16-19)34-21-5-7-22(8-6-21)42-29-24-14-23(41-20(2)26-18-33-30(36-39)37(26)3)17-31-25(24)15-28(35-29)38-10-12-40-13-11-38/h4,9,14-18,20-22,39H,5-8,10-13H2,1-3H3,(H,32,34)(H,33,36)/p+1. The molecule has 5 heterocycles. The molecule has 4 aromatic rings. The molecule has 42 heavy (non-hydrogen) atoms. The predicted molar refractivity (Wildman–Crippen MR) is 157 cm³/mol. The molecule has 1 unspecified atom stereocenters. The number of anilines is 2. The second-order valence-electron chi connectivity index (χ2n) is 11.1. The maximum Gasteiger partial charge on any atom is 0.338 e. The fraction of sp³-hybridized carbons (Fsp3) is 0.467. The Hall–Kier alpha value is -4.00. The van der Waals surface area contributed by atoms with Gasteiger partial charge in [-0.25, -0.2) is 10.2 Å². The number of morpholine rings is 1. The van der Waals surface area contributed by atoms with E-state index < -0.39 is 0 Å². The van der Waals surface area contributed by atoms with E-state index in [0.29, 0.717) is 36.8 Å². The third kappa shape index (κ3) is 6.25. The predicted octanol–water partition coefficient (Wildman–Crippen LogP) is 3.43. The van der Waals surface area contributed by atoms with Crippen LogP contribution in [0, 0.1) is 6.92 Å². The van der Waals surface area contributed by atoms with Gasteiger partial charge in [0.15, 0.2) is 0 Å². The highest BCUT2D eigenvalue weighted by Gasteiger charge is 2.25. The van der Waals surface area contributed by atoms with Crippen molar-refractivity contribution in [2.45, 2.75) is 57.8 Å². The van der Waals surface area contributed by atoms with Crippen LogP contribution in [0.3, 0.4) is 0 Å². The lowest BCUT2D eigenvalue weighted by Gasteiger charge is -2.31. The lowest BCUT2D eigenvalue weighted by molar-refractivity contribution is -0.831. The summed E-state index contributed by atoms with van der Waals surface area (Å²) in [5, 5.41) is 13.8. The van der Waals surface area contributed by atoms with Crippen molar-refractivity contribution in [3.05, 3.63) is 54.1 Å². The molecule has 4 N–H and O–H groups in total. The van der Waals surface area contributed by atoms with Crippen molar-refractivity contribution in [2.24, 2.45) is 7.05 Å². The van der Waals surface area contributed by atoms with E-state index in [1.807, 2.05) is 45.3 Å². The summed E-state index contributed by atoms with van der Waals surface area (Å²) < 4.78 is 20.3. The van der Waals surface area contributed by atoms with E-state index in [4.69, 9.17) is 24.2 Å². The summed E-state index contributed by atoms with van der Waals surface area (Å²) in [6, 6.07) is 8.45. The third-order valence-corrected chi connectivity index (χ3v) is 8.06. The molecule has 0 radical (unpaired) electrons. The largest absolute Gasteiger partial charge is 0.483 e. The molecule has 12 heteroatoms. The maximum absolute atomic E-state index is 9.40. The molecule has 1 saturated heterocycles. The van der Waals surface area contributed by atoms with Crippen molar-refractivity contribution in [3.8, 4) is 11.6 Å². The van der Waals surface area contributed by atoms with Gasteiger partial charge in [0.2, 0.25) is 5.88 Å². The minimum atomic E-state index is -0.314. The molecule has 6 rings (SSSR count). The van der Waals surface area contributed by atoms with Gasteiger partial charge in [-0.15, -0.1) is 5.48 Å². The number of nitrogens with two attached hydrogens (primary N) is 1. The van der Waals surface area contributed by atoms with Crippen LogP contribution in [0.25, 0.3) is 10.9 Å². The number of ether oxygens (including phenoxy) is 3. The summed E-state index contributed by atoms with van der Waals surface area (Å²) in [5.74, 6) is 3.41. The summed E-state index contributed by atoms with van der Waals surface area (Å²) in [6.45, 7) is 6.88. The number of fused-ring (bicyclic) bond motifs is 1. The van der Waals surface area contributed by atoms with Gasteiger partial charge in [-0.2, -0.15) is 9.97 Å². The zero-order valence-corrected chi connectivity index (χ0v) is 24.4. The number of hydrogen-bond acceptors (Lipinski definition) is 10. The lowest BCUT2D eigenvalue weighted by Crippen LogP contribution is -2.75. The molecule has 2 fully saturated rings. The van der Waals surface area contributed by atoms with E-state index in [2.05, 4.69) is 26.3 Å². The van der Waals surface area contributed by atoms with Crippen molar-refractivity contribution >= 4 is 28.5 Å². The Balaban J connectivity index is 1.21. The average Bonchev–Trinajstić information content (AvgIpc) is 3.40. The van der Waals surface area contributed by atoms with Gasteiger partial charge >= 0.3 is 5.95 Å². The molecule has 1 aliphatic heterocycles. The van der Waals surface area contributed by atoms with Gasteiger partial charge in [0, 0.05) is 38.4 Å². The van der Waals surface area contributed by atoms with E-state index in [1.54, 1.807) is 17.0 Å². The van der Waals surface area contributed by atoms with Gasteiger partial charge in [-0.1, -0.05) is 6.07 Å². The molecule has 222 valence electrons. The monoisotopic (exact) mass is 575 g/mol. The van der Waals surface area contributed by atoms with Crippen molar-refractivity contribution in [1.82, 2.24) is 24.5 Å². The number of rotatable bonds is 9. The fourth-order valence-electron chi connectivity index (χ4n) is 5.62. The number of hydrogen-bond donors (Lipinski definition) is 3. The summed E-state index contributed by atoms with van der Waals surface area (Å²) in [5.41, 5.74) is 3.78. The molecule has 0 bridgehead atoms. The Kier molecular flexibility index (Phi) is 8.36. The first-order valence-corrected chi connectivity index (χ1v) is 14.6. The number of nitrogens with zero attached hydrogens (tertiary/aromatic N) is 6. The molecule has 12 nitrogen and oxygen atoms in total. The minimum absolute atomic E-state index is 0.0516. The molecule has 4 aromatic heterocycles. The zero-order chi connectivity index (χ0) is 29.1. The first-order chi connectivity index (χ1) is 20.5. The normalized spacial score (nSPS) is 20.0. The van der Waals surface area contributed by atoms with E-state index in [1.165, 1.54) is 0 Å². The SMILES string of the molecule is Cc1ccc(NC2CCC(Oc3nc(N4CCOCC4)cc4ncc(OC(C)c5cnc([NH2+]O)n5C)cc34)CC2)nc1. The van der Waals surface area contributed by atoms with Crippen molar-refractivity contribution in [3.63, 3.8) is 0 Å². The molecular weight excluding hydrogens is 536 g/mol. The van der Waals surface area contributed by atoms with Gasteiger partial charge in [-0.3, -0.25) is 9.55 Å². The molecule has 1 aliphatic carbocycles. The summed E-state index contributed by atoms with van der Waals surface area (Å²) in [4.78, 5) is 20.7. The summed E-state index contributed by atoms with van der Waals surface area (Å²) in [6.07, 6.45) is 8.88. The molecule has 0 aromatic carbocycles. The number of aryl methyl sites for hydroxylation is 1. The Morgan fingerprint density at radius 3 is 2.57 bits per heavy atom. The van der Waals surface area contributed by atoms with Crippen LogP contribution in [0.15, 0.2) is 42.9 Å². The van der Waals surface area contributed by atoms with Gasteiger partial charge in [0.05, 0.1) is 42.2 Å². The third-order valence-electron chi connectivity index (χ3n) is 8.06. The van der Waals surface area contributed by atoms with Crippen molar-refractivity contribution < 1.29 is 24.9 Å². The van der Waals surface area contributed by atoms with Gasteiger partial charge < -0.3 is 24.4 Å². The van der Waals surface area contributed by atoms with Crippen LogP contribution < -0.4 is 25.2 Å². The summed E-state index contributed by atoms with van der Waals surface area (Å²) >= 11 is 0. The Bertz CT molecular complexity index is 1500. The highest BCUT2D eigenvalue weighted by atomic mass is 16.5. The van der Waals surface area contributed by atoms with Crippen LogP contribution >= 0.6 is 0 Å². The molecule has 0 amide bonds.